The minimum atomic E-state index is -0.109. The molecule has 108 valence electrons. The van der Waals surface area contributed by atoms with Crippen LogP contribution in [0.5, 0.6) is 11.5 Å². The number of benzene rings is 1. The van der Waals surface area contributed by atoms with Gasteiger partial charge in [-0.2, -0.15) is 0 Å². The van der Waals surface area contributed by atoms with E-state index in [2.05, 4.69) is 10.6 Å². The highest BCUT2D eigenvalue weighted by Gasteiger charge is 2.14. The molecule has 1 aromatic rings. The molecule has 0 aliphatic carbocycles. The Labute approximate surface area is 120 Å². The molecule has 2 N–H and O–H groups in total. The van der Waals surface area contributed by atoms with Gasteiger partial charge in [0.2, 0.25) is 5.91 Å². The molecule has 1 rings (SSSR count). The number of amides is 1. The van der Waals surface area contributed by atoms with Crippen LogP contribution in [0.25, 0.3) is 0 Å². The summed E-state index contributed by atoms with van der Waals surface area (Å²) in [4.78, 5) is 11.9. The maximum atomic E-state index is 11.9. The molecule has 1 atom stereocenters. The van der Waals surface area contributed by atoms with Crippen LogP contribution in [0.3, 0.4) is 0 Å². The zero-order valence-electron chi connectivity index (χ0n) is 11.6. The van der Waals surface area contributed by atoms with Crippen molar-refractivity contribution < 1.29 is 14.3 Å². The quantitative estimate of drug-likeness (QED) is 0.840. The number of carbonyl (C=O) groups excluding carboxylic acids is 1. The Morgan fingerprint density at radius 1 is 1.32 bits per heavy atom. The molecule has 1 aromatic carbocycles. The molecule has 0 fully saturated rings. The molecule has 0 aliphatic heterocycles. The lowest BCUT2D eigenvalue weighted by molar-refractivity contribution is -0.119. The summed E-state index contributed by atoms with van der Waals surface area (Å²) in [7, 11) is 4.96. The van der Waals surface area contributed by atoms with Crippen LogP contribution >= 0.6 is 12.4 Å². The molecule has 5 nitrogen and oxygen atoms in total. The molecule has 1 amide bonds. The Morgan fingerprint density at radius 3 is 2.53 bits per heavy atom. The van der Waals surface area contributed by atoms with Gasteiger partial charge >= 0.3 is 0 Å². The second-order valence-corrected chi connectivity index (χ2v) is 4.01. The van der Waals surface area contributed by atoms with E-state index < -0.39 is 0 Å². The van der Waals surface area contributed by atoms with Crippen molar-refractivity contribution in [2.24, 2.45) is 5.92 Å². The van der Waals surface area contributed by atoms with Crippen LogP contribution in [-0.2, 0) is 4.79 Å². The minimum Gasteiger partial charge on any atom is -0.497 e. The summed E-state index contributed by atoms with van der Waals surface area (Å²) < 4.78 is 10.3. The second kappa shape index (κ2) is 8.61. The Balaban J connectivity index is 0.00000324. The number of hydrogen-bond donors (Lipinski definition) is 2. The van der Waals surface area contributed by atoms with E-state index in [0.29, 0.717) is 23.7 Å². The zero-order chi connectivity index (χ0) is 13.5. The standard InChI is InChI=1S/C13H20N2O3.ClH/c1-9(8-14-2)13(16)15-11-6-5-10(17-3)7-12(11)18-4;/h5-7,9,14H,8H2,1-4H3,(H,15,16);1H. The van der Waals surface area contributed by atoms with E-state index in [4.69, 9.17) is 9.47 Å². The predicted molar refractivity (Wildman–Crippen MR) is 78.5 cm³/mol. The van der Waals surface area contributed by atoms with Gasteiger partial charge in [0.05, 0.1) is 19.9 Å². The average Bonchev–Trinajstić information content (AvgIpc) is 2.39. The molecule has 6 heteroatoms. The number of methoxy groups -OCH3 is 2. The van der Waals surface area contributed by atoms with Gasteiger partial charge in [-0.25, -0.2) is 0 Å². The first kappa shape index (κ1) is 17.5. The average molecular weight is 289 g/mol. The number of rotatable bonds is 6. The fraction of sp³-hybridized carbons (Fsp3) is 0.462. The first-order valence-electron chi connectivity index (χ1n) is 5.79. The summed E-state index contributed by atoms with van der Waals surface area (Å²) in [6.07, 6.45) is 0. The number of nitrogens with one attached hydrogen (secondary N) is 2. The van der Waals surface area contributed by atoms with Crippen molar-refractivity contribution in [2.75, 3.05) is 33.1 Å². The maximum absolute atomic E-state index is 11.9. The number of anilines is 1. The fourth-order valence-corrected chi connectivity index (χ4v) is 1.56. The van der Waals surface area contributed by atoms with Crippen molar-refractivity contribution >= 4 is 24.0 Å². The molecule has 0 saturated heterocycles. The first-order chi connectivity index (χ1) is 8.62. The van der Waals surface area contributed by atoms with E-state index in [0.717, 1.165) is 0 Å². The van der Waals surface area contributed by atoms with Crippen LogP contribution in [-0.4, -0.2) is 33.7 Å². The SMILES string of the molecule is CNCC(C)C(=O)Nc1ccc(OC)cc1OC.Cl. The topological polar surface area (TPSA) is 59.6 Å². The van der Waals surface area contributed by atoms with Crippen molar-refractivity contribution in [1.82, 2.24) is 5.32 Å². The Morgan fingerprint density at radius 2 is 2.00 bits per heavy atom. The highest BCUT2D eigenvalue weighted by atomic mass is 35.5. The van der Waals surface area contributed by atoms with Crippen molar-refractivity contribution in [1.29, 1.82) is 0 Å². The molecule has 0 aromatic heterocycles. The minimum absolute atomic E-state index is 0. The fourth-order valence-electron chi connectivity index (χ4n) is 1.56. The normalized spacial score (nSPS) is 11.2. The lowest BCUT2D eigenvalue weighted by Gasteiger charge is -2.14. The van der Waals surface area contributed by atoms with Gasteiger partial charge < -0.3 is 20.1 Å². The molecule has 0 spiro atoms. The predicted octanol–water partition coefficient (Wildman–Crippen LogP) is 1.92. The van der Waals surface area contributed by atoms with Crippen molar-refractivity contribution in [2.45, 2.75) is 6.92 Å². The molecular formula is C13H21ClN2O3. The molecule has 0 saturated carbocycles. The van der Waals surface area contributed by atoms with Gasteiger partial charge in [-0.05, 0) is 19.2 Å². The number of hydrogen-bond acceptors (Lipinski definition) is 4. The number of halogens is 1. The largest absolute Gasteiger partial charge is 0.497 e. The maximum Gasteiger partial charge on any atom is 0.228 e. The Kier molecular flexibility index (Phi) is 7.95. The van der Waals surface area contributed by atoms with Gasteiger partial charge in [-0.3, -0.25) is 4.79 Å². The number of ether oxygens (including phenoxy) is 2. The van der Waals surface area contributed by atoms with Gasteiger partial charge in [0, 0.05) is 18.5 Å². The van der Waals surface area contributed by atoms with E-state index in [1.165, 1.54) is 0 Å². The molecule has 0 aliphatic rings. The van der Waals surface area contributed by atoms with Crippen LogP contribution in [0.2, 0.25) is 0 Å². The van der Waals surface area contributed by atoms with Crippen LogP contribution in [0, 0.1) is 5.92 Å². The number of carbonyl (C=O) groups is 1. The highest BCUT2D eigenvalue weighted by molar-refractivity contribution is 5.94. The van der Waals surface area contributed by atoms with E-state index in [1.54, 1.807) is 32.4 Å². The summed E-state index contributed by atoms with van der Waals surface area (Å²) in [5.74, 6) is 1.11. The van der Waals surface area contributed by atoms with Gasteiger partial charge in [-0.1, -0.05) is 6.92 Å². The monoisotopic (exact) mass is 288 g/mol. The van der Waals surface area contributed by atoms with Crippen LogP contribution < -0.4 is 20.1 Å². The molecule has 1 unspecified atom stereocenters. The Hall–Kier alpha value is -1.46. The van der Waals surface area contributed by atoms with E-state index in [9.17, 15) is 4.79 Å². The Bertz CT molecular complexity index is 413. The summed E-state index contributed by atoms with van der Waals surface area (Å²) in [5, 5.41) is 5.81. The zero-order valence-corrected chi connectivity index (χ0v) is 12.5. The third kappa shape index (κ3) is 4.96. The smallest absolute Gasteiger partial charge is 0.228 e. The summed E-state index contributed by atoms with van der Waals surface area (Å²) in [6, 6.07) is 5.28. The van der Waals surface area contributed by atoms with Crippen LogP contribution in [0.4, 0.5) is 5.69 Å². The van der Waals surface area contributed by atoms with Gasteiger partial charge in [0.25, 0.3) is 0 Å². The lowest BCUT2D eigenvalue weighted by atomic mass is 10.1. The molecule has 0 heterocycles. The van der Waals surface area contributed by atoms with Gasteiger partial charge in [0.1, 0.15) is 11.5 Å². The first-order valence-corrected chi connectivity index (χ1v) is 5.79. The lowest BCUT2D eigenvalue weighted by Crippen LogP contribution is -2.28. The van der Waals surface area contributed by atoms with Gasteiger partial charge in [0.15, 0.2) is 0 Å². The summed E-state index contributed by atoms with van der Waals surface area (Å²) in [5.41, 5.74) is 0.645. The summed E-state index contributed by atoms with van der Waals surface area (Å²) in [6.45, 7) is 2.49. The second-order valence-electron chi connectivity index (χ2n) is 4.01. The van der Waals surface area contributed by atoms with Crippen LogP contribution in [0.15, 0.2) is 18.2 Å². The van der Waals surface area contributed by atoms with Gasteiger partial charge in [-0.15, -0.1) is 12.4 Å². The molecular weight excluding hydrogens is 268 g/mol. The third-order valence-electron chi connectivity index (χ3n) is 2.62. The van der Waals surface area contributed by atoms with Crippen molar-refractivity contribution in [3.8, 4) is 11.5 Å². The highest BCUT2D eigenvalue weighted by Crippen LogP contribution is 2.29. The summed E-state index contributed by atoms with van der Waals surface area (Å²) >= 11 is 0. The van der Waals surface area contributed by atoms with Crippen molar-refractivity contribution in [3.05, 3.63) is 18.2 Å². The third-order valence-corrected chi connectivity index (χ3v) is 2.62. The molecule has 0 bridgehead atoms. The van der Waals surface area contributed by atoms with Crippen LogP contribution in [0.1, 0.15) is 6.92 Å². The van der Waals surface area contributed by atoms with E-state index >= 15 is 0 Å². The molecule has 19 heavy (non-hydrogen) atoms. The van der Waals surface area contributed by atoms with E-state index in [-0.39, 0.29) is 24.2 Å². The van der Waals surface area contributed by atoms with E-state index in [1.807, 2.05) is 14.0 Å². The van der Waals surface area contributed by atoms with Crippen molar-refractivity contribution in [3.63, 3.8) is 0 Å². The molecule has 0 radical (unpaired) electrons.